The highest BCUT2D eigenvalue weighted by molar-refractivity contribution is 5.78. The average molecular weight is 361 g/mol. The van der Waals surface area contributed by atoms with E-state index in [1.165, 1.54) is 12.1 Å². The summed E-state index contributed by atoms with van der Waals surface area (Å²) in [7, 11) is 0. The Hall–Kier alpha value is -2.00. The van der Waals surface area contributed by atoms with E-state index in [0.717, 1.165) is 5.56 Å². The van der Waals surface area contributed by atoms with E-state index in [0.29, 0.717) is 45.2 Å². The third-order valence-electron chi connectivity index (χ3n) is 3.79. The zero-order chi connectivity index (χ0) is 18.3. The van der Waals surface area contributed by atoms with Crippen LogP contribution in [0.25, 0.3) is 0 Å². The van der Waals surface area contributed by atoms with E-state index < -0.39 is 6.36 Å². The number of guanidine groups is 1. The van der Waals surface area contributed by atoms with Gasteiger partial charge in [0, 0.05) is 32.2 Å². The molecule has 0 aliphatic carbocycles. The normalized spacial score (nSPS) is 17.4. The molecule has 1 fully saturated rings. The summed E-state index contributed by atoms with van der Waals surface area (Å²) in [5.41, 5.74) is 6.72. The molecule has 3 N–H and O–H groups in total. The highest BCUT2D eigenvalue weighted by atomic mass is 19.4. The van der Waals surface area contributed by atoms with Gasteiger partial charge in [0.2, 0.25) is 0 Å². The minimum atomic E-state index is -4.71. The van der Waals surface area contributed by atoms with Crippen molar-refractivity contribution in [2.75, 3.05) is 39.5 Å². The molecule has 25 heavy (non-hydrogen) atoms. The van der Waals surface area contributed by atoms with Gasteiger partial charge in [0.25, 0.3) is 0 Å². The lowest BCUT2D eigenvalue weighted by Crippen LogP contribution is -2.45. The number of hydrogen-bond acceptors (Lipinski definition) is 4. The van der Waals surface area contributed by atoms with Crippen LogP contribution in [0.2, 0.25) is 0 Å². The number of nitrogens with two attached hydrogens (primary N) is 1. The van der Waals surface area contributed by atoms with Crippen molar-refractivity contribution >= 4 is 5.96 Å². The summed E-state index contributed by atoms with van der Waals surface area (Å²) in [6, 6.07) is 5.59. The molecule has 1 heterocycles. The molecule has 1 aliphatic rings. The molecule has 9 heteroatoms. The number of aliphatic hydroxyl groups is 1. The molecule has 1 saturated heterocycles. The quantitative estimate of drug-likeness (QED) is 0.591. The number of aliphatic imine (C=N–C) groups is 1. The fourth-order valence-corrected chi connectivity index (χ4v) is 2.46. The Morgan fingerprint density at radius 2 is 1.92 bits per heavy atom. The predicted molar refractivity (Wildman–Crippen MR) is 86.3 cm³/mol. The van der Waals surface area contributed by atoms with Crippen LogP contribution in [0.5, 0.6) is 5.75 Å². The second-order valence-corrected chi connectivity index (χ2v) is 5.74. The van der Waals surface area contributed by atoms with Gasteiger partial charge < -0.3 is 25.2 Å². The molecule has 0 radical (unpaired) electrons. The first-order chi connectivity index (χ1) is 11.9. The Balaban J connectivity index is 1.88. The summed E-state index contributed by atoms with van der Waals surface area (Å²) in [6.07, 6.45) is -4.23. The summed E-state index contributed by atoms with van der Waals surface area (Å²) in [5, 5.41) is 9.50. The van der Waals surface area contributed by atoms with Crippen molar-refractivity contribution in [1.29, 1.82) is 0 Å². The minimum Gasteiger partial charge on any atom is -0.406 e. The van der Waals surface area contributed by atoms with Crippen LogP contribution in [0.4, 0.5) is 13.2 Å². The highest BCUT2D eigenvalue weighted by Crippen LogP contribution is 2.23. The molecule has 0 spiro atoms. The molecule has 0 amide bonds. The first-order valence-corrected chi connectivity index (χ1v) is 7.95. The zero-order valence-corrected chi connectivity index (χ0v) is 13.7. The van der Waals surface area contributed by atoms with E-state index in [4.69, 9.17) is 10.5 Å². The monoisotopic (exact) mass is 361 g/mol. The van der Waals surface area contributed by atoms with Crippen LogP contribution in [0.1, 0.15) is 5.56 Å². The molecule has 1 aromatic carbocycles. The lowest BCUT2D eigenvalue weighted by molar-refractivity contribution is -0.274. The molecule has 6 nitrogen and oxygen atoms in total. The zero-order valence-electron chi connectivity index (χ0n) is 13.7. The average Bonchev–Trinajstić information content (AvgIpc) is 2.59. The van der Waals surface area contributed by atoms with Gasteiger partial charge in [-0.2, -0.15) is 0 Å². The van der Waals surface area contributed by atoms with Crippen LogP contribution in [0.15, 0.2) is 29.3 Å². The lowest BCUT2D eigenvalue weighted by atomic mass is 10.0. The minimum absolute atomic E-state index is 0.0965. The summed E-state index contributed by atoms with van der Waals surface area (Å²) >= 11 is 0. The predicted octanol–water partition coefficient (Wildman–Crippen LogP) is 1.38. The largest absolute Gasteiger partial charge is 0.573 e. The molecule has 1 atom stereocenters. The molecule has 1 aliphatic heterocycles. The van der Waals surface area contributed by atoms with Crippen molar-refractivity contribution in [3.8, 4) is 5.75 Å². The number of halogens is 3. The van der Waals surface area contributed by atoms with Crippen molar-refractivity contribution in [2.45, 2.75) is 12.8 Å². The van der Waals surface area contributed by atoms with E-state index in [2.05, 4.69) is 9.73 Å². The van der Waals surface area contributed by atoms with Gasteiger partial charge in [-0.25, -0.2) is 0 Å². The number of aliphatic hydroxyl groups excluding tert-OH is 1. The summed E-state index contributed by atoms with van der Waals surface area (Å²) in [4.78, 5) is 6.23. The van der Waals surface area contributed by atoms with Crippen LogP contribution in [0, 0.1) is 5.92 Å². The van der Waals surface area contributed by atoms with Gasteiger partial charge in [0.15, 0.2) is 5.96 Å². The third-order valence-corrected chi connectivity index (χ3v) is 3.79. The fraction of sp³-hybridized carbons (Fsp3) is 0.562. The van der Waals surface area contributed by atoms with Crippen LogP contribution < -0.4 is 10.5 Å². The number of benzene rings is 1. The van der Waals surface area contributed by atoms with Gasteiger partial charge in [0.05, 0.1) is 13.2 Å². The maximum atomic E-state index is 12.1. The first kappa shape index (κ1) is 19.3. The molecule has 2 rings (SSSR count). The Morgan fingerprint density at radius 3 is 2.48 bits per heavy atom. The maximum absolute atomic E-state index is 12.1. The lowest BCUT2D eigenvalue weighted by Gasteiger charge is -2.27. The van der Waals surface area contributed by atoms with Crippen molar-refractivity contribution in [2.24, 2.45) is 16.6 Å². The Kier molecular flexibility index (Phi) is 6.89. The highest BCUT2D eigenvalue weighted by Gasteiger charge is 2.30. The number of nitrogens with zero attached hydrogens (tertiary/aromatic N) is 2. The molecule has 0 bridgehead atoms. The molecule has 0 aromatic heterocycles. The van der Waals surface area contributed by atoms with E-state index in [-0.39, 0.29) is 18.3 Å². The summed E-state index contributed by atoms with van der Waals surface area (Å²) in [5.74, 6) is -0.0315. The standard InChI is InChI=1S/C16H22F3N3O3/c17-16(18,19)25-14-3-1-12(2-4-14)9-13(11-23)10-21-15(20)22-5-7-24-8-6-22/h1-4,13,23H,5-11H2,(H2,20,21). The second kappa shape index (κ2) is 8.91. The summed E-state index contributed by atoms with van der Waals surface area (Å²) < 4.78 is 45.5. The Morgan fingerprint density at radius 1 is 1.28 bits per heavy atom. The van der Waals surface area contributed by atoms with E-state index in [1.54, 1.807) is 12.1 Å². The fourth-order valence-electron chi connectivity index (χ4n) is 2.46. The third kappa shape index (κ3) is 6.79. The molecule has 1 aromatic rings. The van der Waals surface area contributed by atoms with Gasteiger partial charge in [-0.05, 0) is 24.1 Å². The Labute approximate surface area is 144 Å². The van der Waals surface area contributed by atoms with Gasteiger partial charge in [-0.3, -0.25) is 4.99 Å². The number of hydrogen-bond donors (Lipinski definition) is 2. The van der Waals surface area contributed by atoms with Gasteiger partial charge in [-0.15, -0.1) is 13.2 Å². The maximum Gasteiger partial charge on any atom is 0.573 e. The number of morpholine rings is 1. The first-order valence-electron chi connectivity index (χ1n) is 7.95. The van der Waals surface area contributed by atoms with E-state index >= 15 is 0 Å². The van der Waals surface area contributed by atoms with Gasteiger partial charge in [0.1, 0.15) is 5.75 Å². The van der Waals surface area contributed by atoms with Crippen LogP contribution >= 0.6 is 0 Å². The molecule has 0 saturated carbocycles. The van der Waals surface area contributed by atoms with Crippen molar-refractivity contribution < 1.29 is 27.8 Å². The van der Waals surface area contributed by atoms with Crippen LogP contribution in [-0.2, 0) is 11.2 Å². The second-order valence-electron chi connectivity index (χ2n) is 5.74. The molecular weight excluding hydrogens is 339 g/mol. The van der Waals surface area contributed by atoms with Crippen molar-refractivity contribution in [3.05, 3.63) is 29.8 Å². The van der Waals surface area contributed by atoms with Crippen molar-refractivity contribution in [1.82, 2.24) is 4.90 Å². The summed E-state index contributed by atoms with van der Waals surface area (Å²) in [6.45, 7) is 2.80. The van der Waals surface area contributed by atoms with E-state index in [1.807, 2.05) is 4.90 Å². The van der Waals surface area contributed by atoms with Crippen molar-refractivity contribution in [3.63, 3.8) is 0 Å². The van der Waals surface area contributed by atoms with Gasteiger partial charge in [-0.1, -0.05) is 12.1 Å². The van der Waals surface area contributed by atoms with E-state index in [9.17, 15) is 18.3 Å². The number of ether oxygens (including phenoxy) is 2. The molecule has 1 unspecified atom stereocenters. The number of rotatable bonds is 6. The van der Waals surface area contributed by atoms with Gasteiger partial charge >= 0.3 is 6.36 Å². The topological polar surface area (TPSA) is 80.3 Å². The van der Waals surface area contributed by atoms with Crippen LogP contribution in [-0.4, -0.2) is 61.8 Å². The SMILES string of the molecule is NC(=NCC(CO)Cc1ccc(OC(F)(F)F)cc1)N1CCOCC1. The molecular formula is C16H22F3N3O3. The number of alkyl halides is 3. The smallest absolute Gasteiger partial charge is 0.406 e. The Bertz CT molecular complexity index is 558. The van der Waals surface area contributed by atoms with Crippen LogP contribution in [0.3, 0.4) is 0 Å². The molecule has 140 valence electrons.